The summed E-state index contributed by atoms with van der Waals surface area (Å²) in [6.45, 7) is 9.62. The van der Waals surface area contributed by atoms with Crippen LogP contribution in [0.5, 0.6) is 0 Å². The molecule has 1 aromatic rings. The summed E-state index contributed by atoms with van der Waals surface area (Å²) in [5.41, 5.74) is 2.87. The highest BCUT2D eigenvalue weighted by Gasteiger charge is 2.09. The third kappa shape index (κ3) is 4.43. The second-order valence-electron chi connectivity index (χ2n) is 5.66. The minimum absolute atomic E-state index is 0.735. The molecule has 0 amide bonds. The van der Waals surface area contributed by atoms with E-state index in [9.17, 15) is 0 Å². The molecule has 0 saturated carbocycles. The molecule has 0 N–H and O–H groups in total. The number of benzene rings is 1. The molecule has 0 aliphatic carbocycles. The van der Waals surface area contributed by atoms with Gasteiger partial charge in [0.2, 0.25) is 0 Å². The Balaban J connectivity index is 1.88. The predicted molar refractivity (Wildman–Crippen MR) is 75.7 cm³/mol. The molecule has 0 radical (unpaired) electrons. The summed E-state index contributed by atoms with van der Waals surface area (Å²) in [6.07, 6.45) is 2.34. The first-order valence-corrected chi connectivity index (χ1v) is 7.12. The van der Waals surface area contributed by atoms with Gasteiger partial charge >= 0.3 is 0 Å². The highest BCUT2D eigenvalue weighted by Crippen LogP contribution is 2.12. The van der Waals surface area contributed by atoms with E-state index in [1.165, 1.54) is 17.5 Å². The van der Waals surface area contributed by atoms with Crippen molar-refractivity contribution in [2.75, 3.05) is 26.3 Å². The summed E-state index contributed by atoms with van der Waals surface area (Å²) in [6, 6.07) is 9.13. The third-order valence-electron chi connectivity index (χ3n) is 3.39. The zero-order valence-electron chi connectivity index (χ0n) is 11.7. The van der Waals surface area contributed by atoms with Gasteiger partial charge in [-0.25, -0.2) is 0 Å². The van der Waals surface area contributed by atoms with Crippen LogP contribution in [0.4, 0.5) is 0 Å². The van der Waals surface area contributed by atoms with Gasteiger partial charge in [-0.3, -0.25) is 4.90 Å². The summed E-state index contributed by atoms with van der Waals surface area (Å²) < 4.78 is 5.48. The molecule has 0 spiro atoms. The Morgan fingerprint density at radius 3 is 2.50 bits per heavy atom. The molecule has 1 fully saturated rings. The van der Waals surface area contributed by atoms with Crippen molar-refractivity contribution in [3.63, 3.8) is 0 Å². The van der Waals surface area contributed by atoms with Crippen LogP contribution in [-0.4, -0.2) is 31.2 Å². The fourth-order valence-electron chi connectivity index (χ4n) is 2.47. The van der Waals surface area contributed by atoms with Crippen LogP contribution in [0.3, 0.4) is 0 Å². The second kappa shape index (κ2) is 6.91. The molecule has 1 saturated heterocycles. The summed E-state index contributed by atoms with van der Waals surface area (Å²) in [5, 5.41) is 0. The standard InChI is InChI=1S/C16H25NO/c1-14(2)12-15-4-6-16(7-5-15)13-17-8-3-10-18-11-9-17/h4-7,14H,3,8-13H2,1-2H3. The second-order valence-corrected chi connectivity index (χ2v) is 5.66. The molecule has 100 valence electrons. The average molecular weight is 247 g/mol. The van der Waals surface area contributed by atoms with Crippen molar-refractivity contribution >= 4 is 0 Å². The molecule has 0 unspecified atom stereocenters. The van der Waals surface area contributed by atoms with Crippen molar-refractivity contribution < 1.29 is 4.74 Å². The zero-order chi connectivity index (χ0) is 12.8. The van der Waals surface area contributed by atoms with E-state index in [-0.39, 0.29) is 0 Å². The lowest BCUT2D eigenvalue weighted by Crippen LogP contribution is -2.25. The highest BCUT2D eigenvalue weighted by molar-refractivity contribution is 5.22. The van der Waals surface area contributed by atoms with E-state index in [2.05, 4.69) is 43.0 Å². The summed E-state index contributed by atoms with van der Waals surface area (Å²) in [5.74, 6) is 0.735. The molecule has 2 nitrogen and oxygen atoms in total. The fraction of sp³-hybridized carbons (Fsp3) is 0.625. The van der Waals surface area contributed by atoms with Gasteiger partial charge in [-0.05, 0) is 29.9 Å². The lowest BCUT2D eigenvalue weighted by Gasteiger charge is -2.19. The molecule has 0 atom stereocenters. The molecule has 2 rings (SSSR count). The Bertz CT molecular complexity index is 337. The maximum absolute atomic E-state index is 5.48. The molecule has 1 aliphatic rings. The van der Waals surface area contributed by atoms with Gasteiger partial charge < -0.3 is 4.74 Å². The lowest BCUT2D eigenvalue weighted by atomic mass is 10.0. The first-order chi connectivity index (χ1) is 8.74. The lowest BCUT2D eigenvalue weighted by molar-refractivity contribution is 0.140. The van der Waals surface area contributed by atoms with Gasteiger partial charge in [-0.2, -0.15) is 0 Å². The van der Waals surface area contributed by atoms with Crippen molar-refractivity contribution in [2.45, 2.75) is 33.2 Å². The molecule has 0 bridgehead atoms. The van der Waals surface area contributed by atoms with E-state index in [0.717, 1.165) is 45.2 Å². The summed E-state index contributed by atoms with van der Waals surface area (Å²) in [7, 11) is 0. The molecule has 2 heteroatoms. The van der Waals surface area contributed by atoms with Gasteiger partial charge in [0.05, 0.1) is 6.61 Å². The van der Waals surface area contributed by atoms with Crippen LogP contribution in [-0.2, 0) is 17.7 Å². The van der Waals surface area contributed by atoms with Crippen molar-refractivity contribution in [3.8, 4) is 0 Å². The Hall–Kier alpha value is -0.860. The molecule has 0 aromatic heterocycles. The van der Waals surface area contributed by atoms with Crippen LogP contribution in [0.25, 0.3) is 0 Å². The minimum Gasteiger partial charge on any atom is -0.380 e. The number of ether oxygens (including phenoxy) is 1. The molecule has 1 aromatic carbocycles. The van der Waals surface area contributed by atoms with Gasteiger partial charge in [0, 0.05) is 26.2 Å². The molecular weight excluding hydrogens is 222 g/mol. The molecule has 18 heavy (non-hydrogen) atoms. The van der Waals surface area contributed by atoms with Crippen LogP contribution in [0.15, 0.2) is 24.3 Å². The van der Waals surface area contributed by atoms with Gasteiger partial charge in [0.25, 0.3) is 0 Å². The summed E-state index contributed by atoms with van der Waals surface area (Å²) in [4.78, 5) is 2.49. The van der Waals surface area contributed by atoms with E-state index in [1.54, 1.807) is 0 Å². The maximum Gasteiger partial charge on any atom is 0.0593 e. The van der Waals surface area contributed by atoms with Crippen LogP contribution in [0.1, 0.15) is 31.4 Å². The Labute approximate surface area is 111 Å². The SMILES string of the molecule is CC(C)Cc1ccc(CN2CCCOCC2)cc1. The number of hydrogen-bond donors (Lipinski definition) is 0. The fourth-order valence-corrected chi connectivity index (χ4v) is 2.47. The Morgan fingerprint density at radius 2 is 1.78 bits per heavy atom. The van der Waals surface area contributed by atoms with Crippen LogP contribution >= 0.6 is 0 Å². The monoisotopic (exact) mass is 247 g/mol. The van der Waals surface area contributed by atoms with E-state index in [1.807, 2.05) is 0 Å². The predicted octanol–water partition coefficient (Wildman–Crippen LogP) is 3.11. The van der Waals surface area contributed by atoms with Gasteiger partial charge in [0.1, 0.15) is 0 Å². The maximum atomic E-state index is 5.48. The van der Waals surface area contributed by atoms with E-state index >= 15 is 0 Å². The van der Waals surface area contributed by atoms with Crippen LogP contribution < -0.4 is 0 Å². The third-order valence-corrected chi connectivity index (χ3v) is 3.39. The van der Waals surface area contributed by atoms with Gasteiger partial charge in [-0.1, -0.05) is 38.1 Å². The van der Waals surface area contributed by atoms with Crippen molar-refractivity contribution in [2.24, 2.45) is 5.92 Å². The molecular formula is C16H25NO. The topological polar surface area (TPSA) is 12.5 Å². The van der Waals surface area contributed by atoms with Crippen LogP contribution in [0.2, 0.25) is 0 Å². The quantitative estimate of drug-likeness (QED) is 0.810. The average Bonchev–Trinajstić information content (AvgIpc) is 2.60. The summed E-state index contributed by atoms with van der Waals surface area (Å²) >= 11 is 0. The van der Waals surface area contributed by atoms with Gasteiger partial charge in [-0.15, -0.1) is 0 Å². The van der Waals surface area contributed by atoms with Crippen molar-refractivity contribution in [3.05, 3.63) is 35.4 Å². The van der Waals surface area contributed by atoms with Gasteiger partial charge in [0.15, 0.2) is 0 Å². The zero-order valence-corrected chi connectivity index (χ0v) is 11.7. The van der Waals surface area contributed by atoms with E-state index in [4.69, 9.17) is 4.74 Å². The minimum atomic E-state index is 0.735. The van der Waals surface area contributed by atoms with Crippen molar-refractivity contribution in [1.82, 2.24) is 4.90 Å². The van der Waals surface area contributed by atoms with E-state index < -0.39 is 0 Å². The van der Waals surface area contributed by atoms with Crippen LogP contribution in [0, 0.1) is 5.92 Å². The number of rotatable bonds is 4. The number of nitrogens with zero attached hydrogens (tertiary/aromatic N) is 1. The highest BCUT2D eigenvalue weighted by atomic mass is 16.5. The van der Waals surface area contributed by atoms with E-state index in [0.29, 0.717) is 0 Å². The normalized spacial score (nSPS) is 17.9. The number of hydrogen-bond acceptors (Lipinski definition) is 2. The first-order valence-electron chi connectivity index (χ1n) is 7.12. The Kier molecular flexibility index (Phi) is 5.21. The Morgan fingerprint density at radius 1 is 1.06 bits per heavy atom. The molecule has 1 heterocycles. The smallest absolute Gasteiger partial charge is 0.0593 e. The van der Waals surface area contributed by atoms with Crippen molar-refractivity contribution in [1.29, 1.82) is 0 Å². The first kappa shape index (κ1) is 13.6. The molecule has 1 aliphatic heterocycles. The largest absolute Gasteiger partial charge is 0.380 e.